The van der Waals surface area contributed by atoms with Crippen LogP contribution in [-0.4, -0.2) is 18.0 Å². The summed E-state index contributed by atoms with van der Waals surface area (Å²) in [5.74, 6) is -0.630. The number of rotatable bonds is 6. The molecule has 0 spiro atoms. The first-order chi connectivity index (χ1) is 10.1. The fourth-order valence-electron chi connectivity index (χ4n) is 2.11. The topological polar surface area (TPSA) is 72.4 Å². The molecule has 0 aliphatic rings. The van der Waals surface area contributed by atoms with E-state index < -0.39 is 10.7 Å². The molecule has 2 rings (SSSR count). The van der Waals surface area contributed by atoms with E-state index in [4.69, 9.17) is 5.73 Å². The Balaban J connectivity index is 2.31. The molecule has 0 saturated carbocycles. The summed E-state index contributed by atoms with van der Waals surface area (Å²) in [6.07, 6.45) is 0. The van der Waals surface area contributed by atoms with E-state index in [0.717, 1.165) is 11.6 Å². The van der Waals surface area contributed by atoms with Gasteiger partial charge in [0, 0.05) is 31.4 Å². The highest BCUT2D eigenvalue weighted by Crippen LogP contribution is 2.24. The molecule has 0 bridgehead atoms. The number of nitrogens with zero attached hydrogens (tertiary/aromatic N) is 2. The fourth-order valence-corrected chi connectivity index (χ4v) is 2.11. The minimum Gasteiger partial charge on any atom is -0.366 e. The molecule has 0 radical (unpaired) electrons. The van der Waals surface area contributed by atoms with Crippen molar-refractivity contribution in [2.45, 2.75) is 6.54 Å². The van der Waals surface area contributed by atoms with Crippen molar-refractivity contribution in [2.75, 3.05) is 18.0 Å². The van der Waals surface area contributed by atoms with Crippen molar-refractivity contribution in [1.82, 2.24) is 0 Å². The predicted molar refractivity (Wildman–Crippen MR) is 79.6 cm³/mol. The summed E-state index contributed by atoms with van der Waals surface area (Å²) in [5, 5.41) is 10.8. The number of hydrogen-bond donors (Lipinski definition) is 1. The van der Waals surface area contributed by atoms with Gasteiger partial charge < -0.3 is 10.6 Å². The molecule has 2 aromatic carbocycles. The predicted octanol–water partition coefficient (Wildman–Crippen LogP) is 2.70. The number of non-ortho nitro benzene ring substituents is 1. The Morgan fingerprint density at radius 2 is 1.90 bits per heavy atom. The molecule has 110 valence electrons. The lowest BCUT2D eigenvalue weighted by atomic mass is 10.2. The van der Waals surface area contributed by atoms with Gasteiger partial charge in [-0.25, -0.2) is 4.39 Å². The molecule has 0 aliphatic heterocycles. The minimum absolute atomic E-state index is 0.264. The first-order valence-corrected chi connectivity index (χ1v) is 6.54. The van der Waals surface area contributed by atoms with Gasteiger partial charge in [0.05, 0.1) is 11.0 Å². The molecule has 0 amide bonds. The highest BCUT2D eigenvalue weighted by molar-refractivity contribution is 5.54. The van der Waals surface area contributed by atoms with Gasteiger partial charge in [0.25, 0.3) is 5.69 Å². The maximum atomic E-state index is 13.6. The number of nitro groups is 1. The maximum Gasteiger partial charge on any atom is 0.274 e. The van der Waals surface area contributed by atoms with Crippen LogP contribution in [0.5, 0.6) is 0 Å². The average molecular weight is 289 g/mol. The summed E-state index contributed by atoms with van der Waals surface area (Å²) >= 11 is 0. The van der Waals surface area contributed by atoms with Crippen LogP contribution in [0, 0.1) is 15.9 Å². The summed E-state index contributed by atoms with van der Waals surface area (Å²) in [6, 6.07) is 13.2. The molecule has 0 aliphatic carbocycles. The van der Waals surface area contributed by atoms with Crippen LogP contribution >= 0.6 is 0 Å². The third-order valence-corrected chi connectivity index (χ3v) is 3.06. The molecule has 0 heterocycles. The van der Waals surface area contributed by atoms with Crippen LogP contribution in [0.2, 0.25) is 0 Å². The van der Waals surface area contributed by atoms with Gasteiger partial charge in [0.2, 0.25) is 0 Å². The molecule has 0 aromatic heterocycles. The van der Waals surface area contributed by atoms with Crippen LogP contribution in [0.1, 0.15) is 5.56 Å². The highest BCUT2D eigenvalue weighted by Gasteiger charge is 2.14. The SMILES string of the molecule is NCCN(Cc1ccccc1)c1cc(F)cc([N+](=O)[O-])c1. The number of nitrogens with two attached hydrogens (primary N) is 1. The van der Waals surface area contributed by atoms with Gasteiger partial charge in [-0.05, 0) is 11.6 Å². The van der Waals surface area contributed by atoms with Crippen molar-refractivity contribution in [3.05, 3.63) is 70.0 Å². The summed E-state index contributed by atoms with van der Waals surface area (Å²) in [5.41, 5.74) is 6.80. The van der Waals surface area contributed by atoms with E-state index in [1.807, 2.05) is 35.2 Å². The zero-order valence-corrected chi connectivity index (χ0v) is 11.4. The zero-order chi connectivity index (χ0) is 15.2. The number of hydrogen-bond acceptors (Lipinski definition) is 4. The average Bonchev–Trinajstić information content (AvgIpc) is 2.47. The lowest BCUT2D eigenvalue weighted by Crippen LogP contribution is -2.29. The molecule has 2 N–H and O–H groups in total. The Morgan fingerprint density at radius 1 is 1.19 bits per heavy atom. The maximum absolute atomic E-state index is 13.6. The lowest BCUT2D eigenvalue weighted by molar-refractivity contribution is -0.385. The first-order valence-electron chi connectivity index (χ1n) is 6.54. The first kappa shape index (κ1) is 14.9. The molecule has 0 saturated heterocycles. The van der Waals surface area contributed by atoms with E-state index in [1.165, 1.54) is 12.1 Å². The molecular weight excluding hydrogens is 273 g/mol. The number of benzene rings is 2. The molecule has 0 fully saturated rings. The van der Waals surface area contributed by atoms with Gasteiger partial charge in [-0.3, -0.25) is 10.1 Å². The third kappa shape index (κ3) is 4.00. The Morgan fingerprint density at radius 3 is 2.52 bits per heavy atom. The van der Waals surface area contributed by atoms with E-state index in [0.29, 0.717) is 25.3 Å². The quantitative estimate of drug-likeness (QED) is 0.655. The van der Waals surface area contributed by atoms with Gasteiger partial charge in [-0.2, -0.15) is 0 Å². The van der Waals surface area contributed by atoms with Crippen molar-refractivity contribution in [2.24, 2.45) is 5.73 Å². The van der Waals surface area contributed by atoms with Crippen molar-refractivity contribution in [1.29, 1.82) is 0 Å². The van der Waals surface area contributed by atoms with Crippen LogP contribution in [0.4, 0.5) is 15.8 Å². The van der Waals surface area contributed by atoms with Crippen LogP contribution in [0.3, 0.4) is 0 Å². The van der Waals surface area contributed by atoms with E-state index in [9.17, 15) is 14.5 Å². The van der Waals surface area contributed by atoms with Crippen molar-refractivity contribution in [3.8, 4) is 0 Å². The standard InChI is InChI=1S/C15H16FN3O2/c16-13-8-14(10-15(9-13)19(20)21)18(7-6-17)11-12-4-2-1-3-5-12/h1-5,8-10H,6-7,11,17H2. The normalized spacial score (nSPS) is 10.4. The Hall–Kier alpha value is -2.47. The van der Waals surface area contributed by atoms with Crippen molar-refractivity contribution < 1.29 is 9.31 Å². The zero-order valence-electron chi connectivity index (χ0n) is 11.4. The molecular formula is C15H16FN3O2. The van der Waals surface area contributed by atoms with Crippen molar-refractivity contribution >= 4 is 11.4 Å². The van der Waals surface area contributed by atoms with Gasteiger partial charge >= 0.3 is 0 Å². The van der Waals surface area contributed by atoms with E-state index in [1.54, 1.807) is 0 Å². The summed E-state index contributed by atoms with van der Waals surface area (Å²) < 4.78 is 13.6. The Kier molecular flexibility index (Phi) is 4.84. The third-order valence-electron chi connectivity index (χ3n) is 3.06. The molecule has 0 atom stereocenters. The highest BCUT2D eigenvalue weighted by atomic mass is 19.1. The second-order valence-electron chi connectivity index (χ2n) is 4.62. The minimum atomic E-state index is -0.630. The van der Waals surface area contributed by atoms with Gasteiger partial charge in [-0.1, -0.05) is 30.3 Å². The van der Waals surface area contributed by atoms with E-state index in [2.05, 4.69) is 0 Å². The summed E-state index contributed by atoms with van der Waals surface area (Å²) in [4.78, 5) is 12.1. The van der Waals surface area contributed by atoms with Gasteiger partial charge in [0.15, 0.2) is 0 Å². The molecule has 6 heteroatoms. The van der Waals surface area contributed by atoms with E-state index in [-0.39, 0.29) is 5.69 Å². The number of nitro benzene ring substituents is 1. The summed E-state index contributed by atoms with van der Waals surface area (Å²) in [7, 11) is 0. The smallest absolute Gasteiger partial charge is 0.274 e. The number of anilines is 1. The Bertz CT molecular complexity index is 620. The molecule has 2 aromatic rings. The van der Waals surface area contributed by atoms with Crippen LogP contribution in [-0.2, 0) is 6.54 Å². The van der Waals surface area contributed by atoms with Crippen LogP contribution < -0.4 is 10.6 Å². The lowest BCUT2D eigenvalue weighted by Gasteiger charge is -2.24. The monoisotopic (exact) mass is 289 g/mol. The second kappa shape index (κ2) is 6.81. The summed E-state index contributed by atoms with van der Waals surface area (Å²) in [6.45, 7) is 1.37. The largest absolute Gasteiger partial charge is 0.366 e. The van der Waals surface area contributed by atoms with Crippen molar-refractivity contribution in [3.63, 3.8) is 0 Å². The van der Waals surface area contributed by atoms with Crippen LogP contribution in [0.25, 0.3) is 0 Å². The van der Waals surface area contributed by atoms with Gasteiger partial charge in [0.1, 0.15) is 5.82 Å². The number of halogens is 1. The van der Waals surface area contributed by atoms with Gasteiger partial charge in [-0.15, -0.1) is 0 Å². The molecule has 5 nitrogen and oxygen atoms in total. The Labute approximate surface area is 122 Å². The second-order valence-corrected chi connectivity index (χ2v) is 4.62. The van der Waals surface area contributed by atoms with Crippen LogP contribution in [0.15, 0.2) is 48.5 Å². The molecule has 0 unspecified atom stereocenters. The van der Waals surface area contributed by atoms with E-state index >= 15 is 0 Å². The molecule has 21 heavy (non-hydrogen) atoms. The fraction of sp³-hybridized carbons (Fsp3) is 0.200.